The van der Waals surface area contributed by atoms with Crippen LogP contribution in [0.3, 0.4) is 0 Å². The average Bonchev–Trinajstić information content (AvgIpc) is 2.54. The van der Waals surface area contributed by atoms with Gasteiger partial charge in [0.15, 0.2) is 0 Å². The molecule has 25 heavy (non-hydrogen) atoms. The predicted molar refractivity (Wildman–Crippen MR) is 107 cm³/mol. The molecule has 0 aliphatic heterocycles. The predicted octanol–water partition coefficient (Wildman–Crippen LogP) is 5.77. The van der Waals surface area contributed by atoms with Gasteiger partial charge in [-0.05, 0) is 65.2 Å². The molecule has 0 saturated heterocycles. The molecule has 3 nitrogen and oxygen atoms in total. The molecule has 0 heterocycles. The second-order valence-corrected chi connectivity index (χ2v) is 7.57. The van der Waals surface area contributed by atoms with Crippen LogP contribution in [0.15, 0.2) is 46.3 Å². The van der Waals surface area contributed by atoms with Gasteiger partial charge in [-0.2, -0.15) is 13.2 Å². The van der Waals surface area contributed by atoms with E-state index in [2.05, 4.69) is 4.99 Å². The number of rotatable bonds is 3. The highest BCUT2D eigenvalue weighted by Crippen LogP contribution is 2.34. The Morgan fingerprint density at radius 2 is 1.92 bits per heavy atom. The van der Waals surface area contributed by atoms with E-state index in [0.29, 0.717) is 14.3 Å². The van der Waals surface area contributed by atoms with E-state index in [4.69, 9.17) is 17.3 Å². The van der Waals surface area contributed by atoms with Crippen molar-refractivity contribution in [2.24, 2.45) is 10.7 Å². The first-order chi connectivity index (χ1) is 11.6. The Morgan fingerprint density at radius 3 is 2.52 bits per heavy atom. The van der Waals surface area contributed by atoms with Crippen LogP contribution >= 0.6 is 46.0 Å². The minimum atomic E-state index is -4.43. The summed E-state index contributed by atoms with van der Waals surface area (Å²) < 4.78 is 39.4. The summed E-state index contributed by atoms with van der Waals surface area (Å²) in [5.41, 5.74) is 5.99. The van der Waals surface area contributed by atoms with Crippen LogP contribution in [0.4, 0.5) is 24.5 Å². The average molecular weight is 500 g/mol. The molecule has 0 bridgehead atoms. The van der Waals surface area contributed by atoms with Gasteiger partial charge in [0.05, 0.1) is 16.3 Å². The highest BCUT2D eigenvalue weighted by molar-refractivity contribution is 14.1. The number of halogens is 5. The fourth-order valence-corrected chi connectivity index (χ4v) is 3.22. The zero-order valence-electron chi connectivity index (χ0n) is 13.2. The lowest BCUT2D eigenvalue weighted by molar-refractivity contribution is -0.137. The molecule has 0 amide bonds. The first-order valence-electron chi connectivity index (χ1n) is 6.91. The summed E-state index contributed by atoms with van der Waals surface area (Å²) in [6.07, 6.45) is -2.52. The molecule has 2 N–H and O–H groups in total. The summed E-state index contributed by atoms with van der Waals surface area (Å²) in [4.78, 5) is 6.60. The molecule has 0 aliphatic rings. The van der Waals surface area contributed by atoms with Crippen molar-refractivity contribution in [2.45, 2.75) is 11.1 Å². The van der Waals surface area contributed by atoms with Crippen LogP contribution in [-0.2, 0) is 6.18 Å². The second kappa shape index (κ2) is 8.05. The molecule has 134 valence electrons. The molecule has 0 aromatic heterocycles. The highest BCUT2D eigenvalue weighted by atomic mass is 127. The fraction of sp³-hybridized carbons (Fsp3) is 0.188. The summed E-state index contributed by atoms with van der Waals surface area (Å²) in [6, 6.07) is 9.02. The minimum absolute atomic E-state index is 0.0373. The number of aliphatic imine (C=N–C) groups is 1. The molecule has 0 unspecified atom stereocenters. The van der Waals surface area contributed by atoms with Gasteiger partial charge in [0.2, 0.25) is 5.96 Å². The van der Waals surface area contributed by atoms with E-state index in [1.165, 1.54) is 16.7 Å². The van der Waals surface area contributed by atoms with Gasteiger partial charge >= 0.3 is 6.18 Å². The number of thioether (sulfide) groups is 1. The van der Waals surface area contributed by atoms with Gasteiger partial charge in [0.25, 0.3) is 0 Å². The third-order valence-electron chi connectivity index (χ3n) is 3.33. The van der Waals surface area contributed by atoms with E-state index in [0.717, 1.165) is 17.0 Å². The Labute approximate surface area is 166 Å². The van der Waals surface area contributed by atoms with Crippen molar-refractivity contribution in [3.8, 4) is 0 Å². The Bertz CT molecular complexity index is 812. The lowest BCUT2D eigenvalue weighted by Gasteiger charge is -2.20. The number of anilines is 1. The lowest BCUT2D eigenvalue weighted by Crippen LogP contribution is -2.33. The molecule has 0 saturated carbocycles. The summed E-state index contributed by atoms with van der Waals surface area (Å²) in [5, 5.41) is 0.410. The van der Waals surface area contributed by atoms with E-state index in [1.807, 2.05) is 34.9 Å². The van der Waals surface area contributed by atoms with Crippen molar-refractivity contribution >= 4 is 63.3 Å². The standard InChI is InChI=1S/C16H14ClF3IN3S/c1-24(11-6-9(16(18,19)20)5-10(21)7-11)15(22)23-14-8-12(25-2)3-4-13(14)17/h3-8H,1-2H3,(H2,22,23). The maximum Gasteiger partial charge on any atom is 0.416 e. The van der Waals surface area contributed by atoms with Crippen molar-refractivity contribution in [2.75, 3.05) is 18.2 Å². The second-order valence-electron chi connectivity index (χ2n) is 5.04. The zero-order chi connectivity index (χ0) is 18.8. The number of nitrogens with zero attached hydrogens (tertiary/aromatic N) is 2. The van der Waals surface area contributed by atoms with Gasteiger partial charge in [0.1, 0.15) is 0 Å². The van der Waals surface area contributed by atoms with E-state index in [1.54, 1.807) is 25.2 Å². The molecule has 9 heteroatoms. The normalized spacial score (nSPS) is 12.4. The van der Waals surface area contributed by atoms with Gasteiger partial charge in [-0.3, -0.25) is 0 Å². The van der Waals surface area contributed by atoms with Crippen LogP contribution in [0.25, 0.3) is 0 Å². The summed E-state index contributed by atoms with van der Waals surface area (Å²) >= 11 is 9.47. The molecule has 0 spiro atoms. The van der Waals surface area contributed by atoms with Gasteiger partial charge in [-0.15, -0.1) is 11.8 Å². The smallest absolute Gasteiger partial charge is 0.369 e. The van der Waals surface area contributed by atoms with Crippen LogP contribution < -0.4 is 10.6 Å². The topological polar surface area (TPSA) is 41.6 Å². The van der Waals surface area contributed by atoms with Crippen molar-refractivity contribution in [3.63, 3.8) is 0 Å². The number of nitrogens with two attached hydrogens (primary N) is 1. The van der Waals surface area contributed by atoms with Crippen molar-refractivity contribution < 1.29 is 13.2 Å². The largest absolute Gasteiger partial charge is 0.416 e. The Kier molecular flexibility index (Phi) is 6.50. The van der Waals surface area contributed by atoms with Crippen molar-refractivity contribution in [3.05, 3.63) is 50.6 Å². The van der Waals surface area contributed by atoms with Crippen LogP contribution in [0, 0.1) is 3.57 Å². The Balaban J connectivity index is 2.40. The molecular formula is C16H14ClF3IN3S. The van der Waals surface area contributed by atoms with Crippen LogP contribution in [0.5, 0.6) is 0 Å². The van der Waals surface area contributed by atoms with E-state index in [-0.39, 0.29) is 11.6 Å². The van der Waals surface area contributed by atoms with E-state index < -0.39 is 11.7 Å². The maximum absolute atomic E-state index is 13.0. The van der Waals surface area contributed by atoms with Gasteiger partial charge in [-0.25, -0.2) is 4.99 Å². The monoisotopic (exact) mass is 499 g/mol. The number of hydrogen-bond donors (Lipinski definition) is 1. The van der Waals surface area contributed by atoms with Crippen LogP contribution in [0.1, 0.15) is 5.56 Å². The van der Waals surface area contributed by atoms with Crippen molar-refractivity contribution in [1.82, 2.24) is 0 Å². The fourth-order valence-electron chi connectivity index (χ4n) is 1.97. The Morgan fingerprint density at radius 1 is 1.24 bits per heavy atom. The molecule has 0 aliphatic carbocycles. The molecular weight excluding hydrogens is 486 g/mol. The summed E-state index contributed by atoms with van der Waals surface area (Å²) in [6.45, 7) is 0. The minimum Gasteiger partial charge on any atom is -0.369 e. The molecule has 0 radical (unpaired) electrons. The quantitative estimate of drug-likeness (QED) is 0.252. The van der Waals surface area contributed by atoms with Crippen molar-refractivity contribution in [1.29, 1.82) is 0 Å². The van der Waals surface area contributed by atoms with E-state index in [9.17, 15) is 13.2 Å². The van der Waals surface area contributed by atoms with Gasteiger partial charge in [-0.1, -0.05) is 11.6 Å². The first kappa shape index (κ1) is 20.2. The van der Waals surface area contributed by atoms with Crippen LogP contribution in [-0.4, -0.2) is 19.3 Å². The molecule has 2 rings (SSSR count). The lowest BCUT2D eigenvalue weighted by atomic mass is 10.2. The molecule has 0 fully saturated rings. The number of benzene rings is 2. The summed E-state index contributed by atoms with van der Waals surface area (Å²) in [5.74, 6) is 0.0373. The highest BCUT2D eigenvalue weighted by Gasteiger charge is 2.31. The van der Waals surface area contributed by atoms with E-state index >= 15 is 0 Å². The third-order valence-corrected chi connectivity index (χ3v) is 5.00. The number of hydrogen-bond acceptors (Lipinski definition) is 2. The Hall–Kier alpha value is -1.13. The molecule has 0 atom stereocenters. The van der Waals surface area contributed by atoms with Gasteiger partial charge < -0.3 is 10.6 Å². The third kappa shape index (κ3) is 5.18. The molecule has 2 aromatic carbocycles. The number of guanidine groups is 1. The first-order valence-corrected chi connectivity index (χ1v) is 9.59. The molecule has 2 aromatic rings. The van der Waals surface area contributed by atoms with Crippen LogP contribution in [0.2, 0.25) is 5.02 Å². The zero-order valence-corrected chi connectivity index (χ0v) is 17.0. The van der Waals surface area contributed by atoms with Gasteiger partial charge in [0, 0.05) is 21.2 Å². The number of alkyl halides is 3. The SMILES string of the molecule is CSc1ccc(Cl)c(N=C(N)N(C)c2cc(I)cc(C(F)(F)F)c2)c1. The maximum atomic E-state index is 13.0. The summed E-state index contributed by atoms with van der Waals surface area (Å²) in [7, 11) is 1.55.